The number of aryl methyl sites for hydroxylation is 3. The number of hydrogen-bond acceptors (Lipinski definition) is 4. The zero-order valence-corrected chi connectivity index (χ0v) is 33.9. The molecule has 54 heavy (non-hydrogen) atoms. The van der Waals surface area contributed by atoms with E-state index in [0.717, 1.165) is 55.7 Å². The van der Waals surface area contributed by atoms with Gasteiger partial charge >= 0.3 is 0 Å². The van der Waals surface area contributed by atoms with Crippen LogP contribution in [0.4, 0.5) is 0 Å². The van der Waals surface area contributed by atoms with Crippen molar-refractivity contribution >= 4 is 10.9 Å². The van der Waals surface area contributed by atoms with Crippen molar-refractivity contribution in [3.63, 3.8) is 0 Å². The Hall–Kier alpha value is -5.61. The summed E-state index contributed by atoms with van der Waals surface area (Å²) in [7, 11) is 0. The minimum absolute atomic E-state index is 0. The quantitative estimate of drug-likeness (QED) is 0.162. The summed E-state index contributed by atoms with van der Waals surface area (Å²) in [5, 5.41) is 1.03. The van der Waals surface area contributed by atoms with Crippen LogP contribution in [0.1, 0.15) is 43.0 Å². The number of fused-ring (bicyclic) bond motifs is 1. The first-order chi connectivity index (χ1) is 25.6. The number of aromatic nitrogens is 4. The largest absolute Gasteiger partial charge is 0.305 e. The smallest absolute Gasteiger partial charge is 0.116 e. The number of rotatable bonds is 5. The van der Waals surface area contributed by atoms with E-state index in [4.69, 9.17) is 4.98 Å². The SMILES string of the molecule is Cc1ccc(-c2cc(C)cc(-c3ccc(-c4cc[c-]c(-c5cc(C(C)(C)C)ccn5)c4)c4ncncc34)c2)cc1.Cc1ccnc(-c2[c-]cccc2)c1.[Ir]. The van der Waals surface area contributed by atoms with Crippen molar-refractivity contribution in [2.24, 2.45) is 0 Å². The third-order valence-corrected chi connectivity index (χ3v) is 9.36. The van der Waals surface area contributed by atoms with Crippen molar-refractivity contribution in [3.8, 4) is 55.9 Å². The fourth-order valence-corrected chi connectivity index (χ4v) is 6.48. The van der Waals surface area contributed by atoms with Crippen LogP contribution in [0.3, 0.4) is 0 Å². The predicted octanol–water partition coefficient (Wildman–Crippen LogP) is 12.3. The minimum Gasteiger partial charge on any atom is -0.305 e. The number of hydrogen-bond donors (Lipinski definition) is 0. The van der Waals surface area contributed by atoms with Gasteiger partial charge in [0, 0.05) is 44.1 Å². The molecule has 5 heteroatoms. The summed E-state index contributed by atoms with van der Waals surface area (Å²) in [5.74, 6) is 0. The normalized spacial score (nSPS) is 11.0. The van der Waals surface area contributed by atoms with Gasteiger partial charge in [-0.1, -0.05) is 98.1 Å². The first kappa shape index (κ1) is 38.1. The maximum atomic E-state index is 4.77. The fourth-order valence-electron chi connectivity index (χ4n) is 6.48. The summed E-state index contributed by atoms with van der Waals surface area (Å²) in [6.07, 6.45) is 7.28. The molecule has 0 aliphatic rings. The van der Waals surface area contributed by atoms with Crippen molar-refractivity contribution in [3.05, 3.63) is 181 Å². The Labute approximate surface area is 332 Å². The Morgan fingerprint density at radius 1 is 0.519 bits per heavy atom. The summed E-state index contributed by atoms with van der Waals surface area (Å²) in [4.78, 5) is 18.1. The van der Waals surface area contributed by atoms with E-state index in [-0.39, 0.29) is 25.5 Å². The molecule has 0 bridgehead atoms. The molecule has 8 aromatic rings. The van der Waals surface area contributed by atoms with Gasteiger partial charge in [-0.25, -0.2) is 9.97 Å². The van der Waals surface area contributed by atoms with Crippen molar-refractivity contribution in [1.82, 2.24) is 19.9 Å². The summed E-state index contributed by atoms with van der Waals surface area (Å²) in [6, 6.07) is 48.8. The van der Waals surface area contributed by atoms with E-state index in [0.29, 0.717) is 0 Å². The Morgan fingerprint density at radius 2 is 1.24 bits per heavy atom. The summed E-state index contributed by atoms with van der Waals surface area (Å²) < 4.78 is 0. The van der Waals surface area contributed by atoms with Crippen molar-refractivity contribution in [2.75, 3.05) is 0 Å². The number of pyridine rings is 2. The monoisotopic (exact) mass is 879 g/mol. The molecule has 0 aliphatic heterocycles. The molecule has 3 heterocycles. The van der Waals surface area contributed by atoms with Crippen LogP contribution in [0.25, 0.3) is 66.8 Å². The molecule has 0 fully saturated rings. The third kappa shape index (κ3) is 8.77. The number of nitrogens with zero attached hydrogens (tertiary/aromatic N) is 4. The van der Waals surface area contributed by atoms with Crippen molar-refractivity contribution < 1.29 is 20.1 Å². The summed E-state index contributed by atoms with van der Waals surface area (Å²) >= 11 is 0. The first-order valence-electron chi connectivity index (χ1n) is 17.9. The van der Waals surface area contributed by atoms with Gasteiger partial charge in [-0.2, -0.15) is 0 Å². The molecule has 0 atom stereocenters. The average Bonchev–Trinajstić information content (AvgIpc) is 3.18. The van der Waals surface area contributed by atoms with E-state index in [9.17, 15) is 0 Å². The van der Waals surface area contributed by atoms with Crippen LogP contribution >= 0.6 is 0 Å². The Kier molecular flexibility index (Phi) is 11.7. The molecule has 1 radical (unpaired) electrons. The van der Waals surface area contributed by atoms with Gasteiger partial charge in [0.25, 0.3) is 0 Å². The second-order valence-electron chi connectivity index (χ2n) is 14.6. The van der Waals surface area contributed by atoms with Gasteiger partial charge in [0.1, 0.15) is 6.33 Å². The maximum Gasteiger partial charge on any atom is 0.116 e. The third-order valence-electron chi connectivity index (χ3n) is 9.36. The second kappa shape index (κ2) is 16.6. The molecule has 0 saturated heterocycles. The van der Waals surface area contributed by atoms with E-state index < -0.39 is 0 Å². The van der Waals surface area contributed by atoms with Gasteiger partial charge in [-0.15, -0.1) is 65.7 Å². The van der Waals surface area contributed by atoms with Crippen LogP contribution in [0.15, 0.2) is 146 Å². The zero-order valence-electron chi connectivity index (χ0n) is 31.5. The molecule has 0 aliphatic carbocycles. The van der Waals surface area contributed by atoms with E-state index in [1.165, 1.54) is 33.4 Å². The molecule has 0 spiro atoms. The van der Waals surface area contributed by atoms with Crippen LogP contribution in [-0.2, 0) is 25.5 Å². The fraction of sp³-hybridized carbons (Fsp3) is 0.143. The molecule has 3 aromatic heterocycles. The second-order valence-corrected chi connectivity index (χ2v) is 14.6. The first-order valence-corrected chi connectivity index (χ1v) is 17.9. The molecule has 269 valence electrons. The van der Waals surface area contributed by atoms with Crippen LogP contribution in [0.5, 0.6) is 0 Å². The van der Waals surface area contributed by atoms with Gasteiger partial charge in [0.2, 0.25) is 0 Å². The van der Waals surface area contributed by atoms with Crippen LogP contribution in [-0.4, -0.2) is 19.9 Å². The Morgan fingerprint density at radius 3 is 1.98 bits per heavy atom. The van der Waals surface area contributed by atoms with E-state index in [1.54, 1.807) is 6.33 Å². The summed E-state index contributed by atoms with van der Waals surface area (Å²) in [6.45, 7) is 13.0. The van der Waals surface area contributed by atoms with Crippen molar-refractivity contribution in [2.45, 2.75) is 47.0 Å². The van der Waals surface area contributed by atoms with Gasteiger partial charge in [0.05, 0.1) is 5.52 Å². The van der Waals surface area contributed by atoms with E-state index in [1.807, 2.05) is 55.0 Å². The predicted molar refractivity (Wildman–Crippen MR) is 219 cm³/mol. The van der Waals surface area contributed by atoms with Crippen LogP contribution in [0.2, 0.25) is 0 Å². The molecule has 0 N–H and O–H groups in total. The molecule has 4 nitrogen and oxygen atoms in total. The van der Waals surface area contributed by atoms with Gasteiger partial charge < -0.3 is 9.97 Å². The molecular formula is C49H42IrN4-2. The maximum absolute atomic E-state index is 4.77. The van der Waals surface area contributed by atoms with Crippen molar-refractivity contribution in [1.29, 1.82) is 0 Å². The molecule has 0 unspecified atom stereocenters. The van der Waals surface area contributed by atoms with Gasteiger partial charge in [0.15, 0.2) is 0 Å². The molecular weight excluding hydrogens is 837 g/mol. The van der Waals surface area contributed by atoms with Gasteiger partial charge in [-0.3, -0.25) is 0 Å². The standard InChI is InChI=1S/C37H32N3.C12H10N.Ir/c1-24-9-11-26(12-10-24)29-17-25(2)18-30(20-29)32-13-14-33(36-34(32)22-38-23-40-36)27-7-6-8-28(19-27)35-21-31(15-16-39-35)37(3,4)5;1-10-7-8-13-12(9-10)11-5-3-2-4-6-11;/h6-7,9-23H,1-5H3;2-5,7-9H,1H3;/q2*-1;. The molecule has 0 amide bonds. The summed E-state index contributed by atoms with van der Waals surface area (Å²) in [5.41, 5.74) is 16.7. The van der Waals surface area contributed by atoms with E-state index >= 15 is 0 Å². The zero-order chi connectivity index (χ0) is 37.0. The molecule has 5 aromatic carbocycles. The minimum atomic E-state index is 0. The Balaban J connectivity index is 0.000000300. The van der Waals surface area contributed by atoms with E-state index in [2.05, 4.69) is 154 Å². The average molecular weight is 879 g/mol. The van der Waals surface area contributed by atoms with Crippen LogP contribution < -0.4 is 0 Å². The molecule has 0 saturated carbocycles. The van der Waals surface area contributed by atoms with Crippen LogP contribution in [0, 0.1) is 32.9 Å². The number of benzene rings is 5. The van der Waals surface area contributed by atoms with Gasteiger partial charge in [-0.05, 0) is 94.7 Å². The topological polar surface area (TPSA) is 51.6 Å². The Bertz CT molecular complexity index is 2520. The molecule has 8 rings (SSSR count).